The lowest BCUT2D eigenvalue weighted by molar-refractivity contribution is -0.119. The van der Waals surface area contributed by atoms with Gasteiger partial charge in [0.25, 0.3) is 8.53 Å². The van der Waals surface area contributed by atoms with E-state index in [4.69, 9.17) is 47.4 Å². The number of nitrogens with one attached hydrogen (secondary N) is 2. The van der Waals surface area contributed by atoms with E-state index in [1.807, 2.05) is 78.9 Å². The third-order valence-corrected chi connectivity index (χ3v) is 13.7. The van der Waals surface area contributed by atoms with Gasteiger partial charge in [0.2, 0.25) is 17.8 Å². The highest BCUT2D eigenvalue weighted by Gasteiger charge is 2.52. The average molecular weight is 983 g/mol. The first-order chi connectivity index (χ1) is 33.7. The molecule has 1 saturated heterocycles. The minimum atomic E-state index is -1.87. The first kappa shape index (κ1) is 53.7. The van der Waals surface area contributed by atoms with Crippen molar-refractivity contribution in [3.8, 4) is 17.6 Å². The molecule has 3 aromatic carbocycles. The van der Waals surface area contributed by atoms with Gasteiger partial charge in [0.05, 0.1) is 59.5 Å². The zero-order valence-corrected chi connectivity index (χ0v) is 42.8. The van der Waals surface area contributed by atoms with Crippen LogP contribution in [0.25, 0.3) is 11.2 Å². The number of nitriles is 1. The number of aromatic nitrogens is 4. The number of hydrogen-bond donors (Lipinski definition) is 2. The van der Waals surface area contributed by atoms with Crippen molar-refractivity contribution in [3.63, 3.8) is 0 Å². The molecule has 1 aliphatic heterocycles. The number of imidazole rings is 1. The Bertz CT molecular complexity index is 2450. The molecule has 0 bridgehead atoms. The Morgan fingerprint density at radius 1 is 0.786 bits per heavy atom. The molecule has 0 saturated carbocycles. The lowest BCUT2D eigenvalue weighted by Gasteiger charge is -2.39. The molecule has 2 N–H and O–H groups in total. The number of anilines is 2. The monoisotopic (exact) mass is 982 g/mol. The van der Waals surface area contributed by atoms with E-state index < -0.39 is 50.5 Å². The van der Waals surface area contributed by atoms with E-state index in [-0.39, 0.29) is 79.7 Å². The van der Waals surface area contributed by atoms with Gasteiger partial charge in [-0.05, 0) is 68.7 Å². The van der Waals surface area contributed by atoms with E-state index in [0.717, 1.165) is 16.7 Å². The predicted octanol–water partition coefficient (Wildman–Crippen LogP) is 8.63. The summed E-state index contributed by atoms with van der Waals surface area (Å²) in [5, 5.41) is 15.3. The number of carbonyl (C=O) groups is 2. The predicted molar refractivity (Wildman–Crippen MR) is 266 cm³/mol. The SMILES string of the molecule is COCCO[C@@H]1[C@H](OP(OCCC#N)N(C(C)C)C(C)C)[C@@H](COC(c2ccccc2)(c2ccc(OC)cc2)c2ccc(OC)cc2)O[C@H]1n1cnc2c(NC(=O)C(C)C)nc(NC(=O)C(C)C)nc21. The summed E-state index contributed by atoms with van der Waals surface area (Å²) in [6.45, 7) is 15.7. The van der Waals surface area contributed by atoms with Crippen LogP contribution in [0.3, 0.4) is 0 Å². The fourth-order valence-corrected chi connectivity index (χ4v) is 9.85. The smallest absolute Gasteiger partial charge is 0.259 e. The highest BCUT2D eigenvalue weighted by atomic mass is 31.2. The number of fused-ring (bicyclic) bond motifs is 1. The van der Waals surface area contributed by atoms with E-state index >= 15 is 0 Å². The minimum Gasteiger partial charge on any atom is -0.497 e. The van der Waals surface area contributed by atoms with Crippen LogP contribution in [-0.2, 0) is 43.2 Å². The summed E-state index contributed by atoms with van der Waals surface area (Å²) >= 11 is 0. The van der Waals surface area contributed by atoms with Crippen LogP contribution in [0, 0.1) is 23.2 Å². The molecule has 0 spiro atoms. The van der Waals surface area contributed by atoms with E-state index in [0.29, 0.717) is 11.5 Å². The molecule has 1 fully saturated rings. The van der Waals surface area contributed by atoms with Crippen molar-refractivity contribution in [1.29, 1.82) is 5.26 Å². The molecule has 5 aromatic rings. The Morgan fingerprint density at radius 2 is 1.37 bits per heavy atom. The molecule has 1 unspecified atom stereocenters. The molecule has 0 radical (unpaired) electrons. The third kappa shape index (κ3) is 12.5. The summed E-state index contributed by atoms with van der Waals surface area (Å²) in [5.41, 5.74) is 1.71. The number of benzene rings is 3. The molecular weight excluding hydrogens is 916 g/mol. The maximum atomic E-state index is 13.2. The van der Waals surface area contributed by atoms with Gasteiger partial charge >= 0.3 is 0 Å². The second-order valence-corrected chi connectivity index (χ2v) is 19.2. The van der Waals surface area contributed by atoms with Crippen molar-refractivity contribution in [3.05, 3.63) is 102 Å². The molecule has 2 aromatic heterocycles. The molecule has 19 heteroatoms. The molecule has 376 valence electrons. The Hall–Kier alpha value is -5.61. The second kappa shape index (κ2) is 25.0. The van der Waals surface area contributed by atoms with Crippen molar-refractivity contribution in [2.75, 3.05) is 58.4 Å². The molecule has 5 atom stereocenters. The third-order valence-electron chi connectivity index (χ3n) is 11.6. The number of hydrogen-bond acceptors (Lipinski definition) is 15. The summed E-state index contributed by atoms with van der Waals surface area (Å²) in [4.78, 5) is 40.4. The number of nitrogens with zero attached hydrogens (tertiary/aromatic N) is 6. The lowest BCUT2D eigenvalue weighted by atomic mass is 9.80. The van der Waals surface area contributed by atoms with Crippen LogP contribution in [0.2, 0.25) is 0 Å². The van der Waals surface area contributed by atoms with Crippen LogP contribution in [-0.4, -0.2) is 114 Å². The zero-order valence-electron chi connectivity index (χ0n) is 42.0. The number of ether oxygens (including phenoxy) is 6. The summed E-state index contributed by atoms with van der Waals surface area (Å²) in [5.74, 6) is -0.00625. The van der Waals surface area contributed by atoms with Gasteiger partial charge in [-0.1, -0.05) is 82.3 Å². The van der Waals surface area contributed by atoms with E-state index in [1.54, 1.807) is 59.9 Å². The summed E-state index contributed by atoms with van der Waals surface area (Å²) in [7, 11) is 2.96. The second-order valence-electron chi connectivity index (χ2n) is 17.8. The number of rotatable bonds is 25. The first-order valence-corrected chi connectivity index (χ1v) is 24.7. The molecule has 70 heavy (non-hydrogen) atoms. The Kier molecular flexibility index (Phi) is 19.2. The molecule has 1 aliphatic rings. The van der Waals surface area contributed by atoms with Crippen LogP contribution >= 0.6 is 8.53 Å². The standard InChI is InChI=1S/C51H67N8O10P/c1-32(2)47(60)54-45-42-46(56-50(55-45)57-48(61)33(3)4)58(31-53-42)49-44(65-29-28-62-9)43(69-70(67-27-15-26-52)59(34(5)6)35(7)8)41(68-49)30-66-51(36-16-13-12-14-17-36,37-18-22-39(63-10)23-19-37)38-20-24-40(64-11)25-21-38/h12-14,16-25,31-35,41,43-44,49H,15,27-30H2,1-11H3,(H2,54,55,56,57,60,61)/t41-,43-,44-,49-,70?/m1/s1. The van der Waals surface area contributed by atoms with Crippen molar-refractivity contribution >= 4 is 43.3 Å². The van der Waals surface area contributed by atoms with E-state index in [1.165, 1.54) is 0 Å². The molecule has 6 rings (SSSR count). The molecular formula is C51H67N8O10P. The summed E-state index contributed by atoms with van der Waals surface area (Å²) in [6, 6.07) is 27.6. The van der Waals surface area contributed by atoms with Gasteiger partial charge in [0.15, 0.2) is 23.2 Å². The summed E-state index contributed by atoms with van der Waals surface area (Å²) < 4.78 is 55.8. The van der Waals surface area contributed by atoms with Gasteiger partial charge < -0.3 is 42.8 Å². The first-order valence-electron chi connectivity index (χ1n) is 23.5. The Morgan fingerprint density at radius 3 is 1.91 bits per heavy atom. The minimum absolute atomic E-state index is 0.0296. The number of carbonyl (C=O) groups excluding carboxylic acids is 2. The van der Waals surface area contributed by atoms with Gasteiger partial charge in [0.1, 0.15) is 35.4 Å². The van der Waals surface area contributed by atoms with Crippen molar-refractivity contribution in [2.24, 2.45) is 11.8 Å². The molecule has 0 aliphatic carbocycles. The van der Waals surface area contributed by atoms with Crippen LogP contribution in [0.15, 0.2) is 85.2 Å². The molecule has 18 nitrogen and oxygen atoms in total. The van der Waals surface area contributed by atoms with Crippen molar-refractivity contribution < 1.29 is 47.1 Å². The summed E-state index contributed by atoms with van der Waals surface area (Å²) in [6.07, 6.45) is -2.02. The highest BCUT2D eigenvalue weighted by molar-refractivity contribution is 7.44. The van der Waals surface area contributed by atoms with E-state index in [2.05, 4.69) is 54.1 Å². The van der Waals surface area contributed by atoms with E-state index in [9.17, 15) is 14.9 Å². The highest BCUT2D eigenvalue weighted by Crippen LogP contribution is 2.52. The van der Waals surface area contributed by atoms with Gasteiger partial charge in [0, 0.05) is 31.0 Å². The van der Waals surface area contributed by atoms with Crippen molar-refractivity contribution in [2.45, 2.75) is 104 Å². The van der Waals surface area contributed by atoms with Crippen LogP contribution in [0.5, 0.6) is 11.5 Å². The quantitative estimate of drug-likeness (QED) is 0.0319. The van der Waals surface area contributed by atoms with Gasteiger partial charge in [-0.15, -0.1) is 0 Å². The zero-order chi connectivity index (χ0) is 50.5. The van der Waals surface area contributed by atoms with Crippen LogP contribution < -0.4 is 20.1 Å². The number of methoxy groups -OCH3 is 3. The van der Waals surface area contributed by atoms with Crippen molar-refractivity contribution in [1.82, 2.24) is 24.2 Å². The molecule has 2 amide bonds. The fraction of sp³-hybridized carbons (Fsp3) is 0.490. The average Bonchev–Trinajstić information content (AvgIpc) is 3.92. The maximum absolute atomic E-state index is 13.2. The largest absolute Gasteiger partial charge is 0.497 e. The van der Waals surface area contributed by atoms with Gasteiger partial charge in [-0.3, -0.25) is 19.5 Å². The van der Waals surface area contributed by atoms with Gasteiger partial charge in [-0.2, -0.15) is 15.2 Å². The van der Waals surface area contributed by atoms with Crippen LogP contribution in [0.1, 0.15) is 84.7 Å². The normalized spacial score (nSPS) is 17.7. The Labute approximate surface area is 412 Å². The van der Waals surface area contributed by atoms with Gasteiger partial charge in [-0.25, -0.2) is 9.65 Å². The topological polar surface area (TPSA) is 203 Å². The number of amides is 2. The Balaban J connectivity index is 1.56. The van der Waals surface area contributed by atoms with Crippen LogP contribution in [0.4, 0.5) is 11.8 Å². The molecule has 3 heterocycles. The lowest BCUT2D eigenvalue weighted by Crippen LogP contribution is -2.43. The maximum Gasteiger partial charge on any atom is 0.259 e. The fourth-order valence-electron chi connectivity index (χ4n) is 8.08.